The average molecular weight is 336 g/mol. The SMILES string of the molecule is CN(c1ccccc1)c1c(C2CCC(N)CC2)c(N)nn2ccnc12. The highest BCUT2D eigenvalue weighted by Gasteiger charge is 2.28. The number of anilines is 3. The van der Waals surface area contributed by atoms with Gasteiger partial charge in [0, 0.05) is 36.7 Å². The number of hydrogen-bond acceptors (Lipinski definition) is 5. The molecule has 1 aliphatic rings. The summed E-state index contributed by atoms with van der Waals surface area (Å²) in [6.45, 7) is 0. The Balaban J connectivity index is 1.88. The van der Waals surface area contributed by atoms with E-state index in [4.69, 9.17) is 11.5 Å². The van der Waals surface area contributed by atoms with Gasteiger partial charge >= 0.3 is 0 Å². The Morgan fingerprint density at radius 2 is 1.84 bits per heavy atom. The number of hydrogen-bond donors (Lipinski definition) is 2. The quantitative estimate of drug-likeness (QED) is 0.768. The molecule has 0 aliphatic heterocycles. The molecule has 0 atom stereocenters. The third-order valence-electron chi connectivity index (χ3n) is 5.24. The summed E-state index contributed by atoms with van der Waals surface area (Å²) in [5, 5.41) is 4.54. The van der Waals surface area contributed by atoms with Crippen LogP contribution in [0.2, 0.25) is 0 Å². The summed E-state index contributed by atoms with van der Waals surface area (Å²) in [4.78, 5) is 6.73. The van der Waals surface area contributed by atoms with Gasteiger partial charge in [-0.2, -0.15) is 0 Å². The highest BCUT2D eigenvalue weighted by molar-refractivity contribution is 5.82. The van der Waals surface area contributed by atoms with Crippen LogP contribution in [0.4, 0.5) is 17.2 Å². The van der Waals surface area contributed by atoms with Crippen LogP contribution in [0.1, 0.15) is 37.2 Å². The summed E-state index contributed by atoms with van der Waals surface area (Å²) < 4.78 is 1.77. The second-order valence-corrected chi connectivity index (χ2v) is 6.85. The third kappa shape index (κ3) is 2.82. The number of para-hydroxylation sites is 1. The van der Waals surface area contributed by atoms with Crippen LogP contribution in [0.25, 0.3) is 5.65 Å². The van der Waals surface area contributed by atoms with Gasteiger partial charge in [-0.05, 0) is 43.7 Å². The molecule has 130 valence electrons. The average Bonchev–Trinajstić information content (AvgIpc) is 3.09. The van der Waals surface area contributed by atoms with Crippen LogP contribution in [-0.4, -0.2) is 27.7 Å². The molecule has 6 heteroatoms. The van der Waals surface area contributed by atoms with Crippen molar-refractivity contribution < 1.29 is 0 Å². The molecule has 0 bridgehead atoms. The van der Waals surface area contributed by atoms with E-state index in [9.17, 15) is 0 Å². The molecule has 4 N–H and O–H groups in total. The van der Waals surface area contributed by atoms with E-state index in [1.807, 2.05) is 24.4 Å². The molecule has 0 unspecified atom stereocenters. The standard InChI is InChI=1S/C19H24N6/c1-24(15-5-3-2-4-6-15)17-16(13-7-9-14(20)10-8-13)18(21)23-25-12-11-22-19(17)25/h2-6,11-14H,7-10,20H2,1H3,(H2,21,23). The van der Waals surface area contributed by atoms with Gasteiger partial charge in [-0.15, -0.1) is 5.10 Å². The van der Waals surface area contributed by atoms with E-state index in [0.717, 1.165) is 48.3 Å². The molecule has 0 radical (unpaired) electrons. The predicted octanol–water partition coefficient (Wildman–Crippen LogP) is 3.06. The zero-order valence-electron chi connectivity index (χ0n) is 14.5. The number of nitrogens with zero attached hydrogens (tertiary/aromatic N) is 4. The molecule has 2 heterocycles. The van der Waals surface area contributed by atoms with E-state index in [0.29, 0.717) is 17.8 Å². The Morgan fingerprint density at radius 3 is 2.56 bits per heavy atom. The maximum Gasteiger partial charge on any atom is 0.177 e. The Bertz CT molecular complexity index is 864. The molecule has 4 rings (SSSR count). The number of rotatable bonds is 3. The van der Waals surface area contributed by atoms with E-state index >= 15 is 0 Å². The molecular weight excluding hydrogens is 312 g/mol. The van der Waals surface area contributed by atoms with E-state index in [-0.39, 0.29) is 0 Å². The fraction of sp³-hybridized carbons (Fsp3) is 0.368. The lowest BCUT2D eigenvalue weighted by Crippen LogP contribution is -2.27. The van der Waals surface area contributed by atoms with Crippen molar-refractivity contribution in [1.82, 2.24) is 14.6 Å². The number of nitrogens with two attached hydrogens (primary N) is 2. The second kappa shape index (κ2) is 6.37. The number of aromatic nitrogens is 3. The van der Waals surface area contributed by atoms with E-state index in [1.165, 1.54) is 0 Å². The van der Waals surface area contributed by atoms with Crippen LogP contribution in [-0.2, 0) is 0 Å². The van der Waals surface area contributed by atoms with Crippen molar-refractivity contribution in [3.8, 4) is 0 Å². The van der Waals surface area contributed by atoms with Crippen LogP contribution in [0.3, 0.4) is 0 Å². The van der Waals surface area contributed by atoms with E-state index < -0.39 is 0 Å². The largest absolute Gasteiger partial charge is 0.382 e. The Labute approximate surface area is 147 Å². The van der Waals surface area contributed by atoms with Gasteiger partial charge in [0.25, 0.3) is 0 Å². The van der Waals surface area contributed by atoms with Crippen molar-refractivity contribution in [2.45, 2.75) is 37.6 Å². The summed E-state index contributed by atoms with van der Waals surface area (Å²) in [6, 6.07) is 10.6. The predicted molar refractivity (Wildman–Crippen MR) is 101 cm³/mol. The first kappa shape index (κ1) is 15.9. The molecule has 1 aromatic carbocycles. The van der Waals surface area contributed by atoms with Gasteiger partial charge in [0.1, 0.15) is 5.82 Å². The lowest BCUT2D eigenvalue weighted by molar-refractivity contribution is 0.396. The van der Waals surface area contributed by atoms with Gasteiger partial charge in [0.15, 0.2) is 5.65 Å². The number of benzene rings is 1. The van der Waals surface area contributed by atoms with Crippen LogP contribution < -0.4 is 16.4 Å². The lowest BCUT2D eigenvalue weighted by Gasteiger charge is -2.31. The molecule has 0 spiro atoms. The third-order valence-corrected chi connectivity index (χ3v) is 5.24. The van der Waals surface area contributed by atoms with Crippen molar-refractivity contribution >= 4 is 22.8 Å². The molecule has 1 fully saturated rings. The zero-order chi connectivity index (χ0) is 17.4. The van der Waals surface area contributed by atoms with Crippen molar-refractivity contribution in [2.75, 3.05) is 17.7 Å². The Kier molecular flexibility index (Phi) is 4.05. The first-order chi connectivity index (χ1) is 12.1. The summed E-state index contributed by atoms with van der Waals surface area (Å²) in [5.41, 5.74) is 16.6. The smallest absolute Gasteiger partial charge is 0.177 e. The Hall–Kier alpha value is -2.60. The summed E-state index contributed by atoms with van der Waals surface area (Å²) in [7, 11) is 2.07. The highest BCUT2D eigenvalue weighted by atomic mass is 15.3. The topological polar surface area (TPSA) is 85.5 Å². The van der Waals surface area contributed by atoms with Crippen molar-refractivity contribution in [1.29, 1.82) is 0 Å². The fourth-order valence-electron chi connectivity index (χ4n) is 3.88. The molecule has 3 aromatic rings. The summed E-state index contributed by atoms with van der Waals surface area (Å²) in [6.07, 6.45) is 7.74. The van der Waals surface area contributed by atoms with Crippen LogP contribution in [0, 0.1) is 0 Å². The van der Waals surface area contributed by atoms with Crippen molar-refractivity contribution in [3.05, 3.63) is 48.3 Å². The number of fused-ring (bicyclic) bond motifs is 1. The maximum atomic E-state index is 6.41. The van der Waals surface area contributed by atoms with Crippen molar-refractivity contribution in [2.24, 2.45) is 5.73 Å². The molecule has 2 aromatic heterocycles. The minimum absolute atomic E-state index is 0.302. The lowest BCUT2D eigenvalue weighted by atomic mass is 9.81. The monoisotopic (exact) mass is 336 g/mol. The van der Waals surface area contributed by atoms with Gasteiger partial charge in [0.2, 0.25) is 0 Å². The van der Waals surface area contributed by atoms with E-state index in [2.05, 4.69) is 34.2 Å². The first-order valence-corrected chi connectivity index (χ1v) is 8.82. The highest BCUT2D eigenvalue weighted by Crippen LogP contribution is 2.42. The number of imidazole rings is 1. The zero-order valence-corrected chi connectivity index (χ0v) is 14.5. The van der Waals surface area contributed by atoms with Gasteiger partial charge in [0.05, 0.1) is 5.69 Å². The minimum Gasteiger partial charge on any atom is -0.382 e. The number of nitrogen functional groups attached to an aromatic ring is 1. The molecule has 25 heavy (non-hydrogen) atoms. The van der Waals surface area contributed by atoms with Gasteiger partial charge in [-0.3, -0.25) is 0 Å². The van der Waals surface area contributed by atoms with Gasteiger partial charge < -0.3 is 16.4 Å². The Morgan fingerprint density at radius 1 is 1.12 bits per heavy atom. The molecular formula is C19H24N6. The normalized spacial score (nSPS) is 20.7. The first-order valence-electron chi connectivity index (χ1n) is 8.82. The second-order valence-electron chi connectivity index (χ2n) is 6.85. The summed E-state index contributed by atoms with van der Waals surface area (Å²) in [5.74, 6) is 0.957. The molecule has 0 saturated heterocycles. The van der Waals surface area contributed by atoms with Crippen LogP contribution in [0.5, 0.6) is 0 Å². The van der Waals surface area contributed by atoms with Gasteiger partial charge in [-0.25, -0.2) is 9.50 Å². The molecule has 6 nitrogen and oxygen atoms in total. The molecule has 0 amide bonds. The molecule has 1 saturated carbocycles. The minimum atomic E-state index is 0.302. The van der Waals surface area contributed by atoms with Gasteiger partial charge in [-0.1, -0.05) is 18.2 Å². The van der Waals surface area contributed by atoms with Crippen LogP contribution >= 0.6 is 0 Å². The maximum absolute atomic E-state index is 6.41. The fourth-order valence-corrected chi connectivity index (χ4v) is 3.88. The summed E-state index contributed by atoms with van der Waals surface area (Å²) >= 11 is 0. The molecule has 1 aliphatic carbocycles. The van der Waals surface area contributed by atoms with E-state index in [1.54, 1.807) is 10.7 Å². The van der Waals surface area contributed by atoms with Crippen LogP contribution in [0.15, 0.2) is 42.7 Å². The van der Waals surface area contributed by atoms with Crippen molar-refractivity contribution in [3.63, 3.8) is 0 Å².